The summed E-state index contributed by atoms with van der Waals surface area (Å²) in [4.78, 5) is 26.6. The summed E-state index contributed by atoms with van der Waals surface area (Å²) in [5, 5.41) is 5.97. The van der Waals surface area contributed by atoms with Crippen LogP contribution >= 0.6 is 23.8 Å². The van der Waals surface area contributed by atoms with Crippen LogP contribution in [0.4, 0.5) is 5.69 Å². The van der Waals surface area contributed by atoms with Crippen molar-refractivity contribution in [3.63, 3.8) is 0 Å². The first-order chi connectivity index (χ1) is 13.0. The first-order valence-electron chi connectivity index (χ1n) is 8.38. The van der Waals surface area contributed by atoms with Crippen LogP contribution < -0.4 is 10.6 Å². The van der Waals surface area contributed by atoms with Gasteiger partial charge in [-0.1, -0.05) is 29.8 Å². The maximum Gasteiger partial charge on any atom is 0.258 e. The van der Waals surface area contributed by atoms with Crippen LogP contribution in [0.5, 0.6) is 0 Å². The Morgan fingerprint density at radius 1 is 1.07 bits per heavy atom. The largest absolute Gasteiger partial charge is 0.378 e. The van der Waals surface area contributed by atoms with E-state index in [1.165, 1.54) is 0 Å². The molecular weight excluding hydrogens is 386 g/mol. The number of benzene rings is 2. The van der Waals surface area contributed by atoms with E-state index in [0.717, 1.165) is 0 Å². The molecule has 1 saturated heterocycles. The minimum atomic E-state index is -0.404. The fourth-order valence-corrected chi connectivity index (χ4v) is 3.09. The normalized spacial score (nSPS) is 13.7. The standard InChI is InChI=1S/C19H18ClN3O3S/c20-16-7-2-1-6-15(16)17(24)22-19(27)21-14-5-3-4-13(12-14)18(25)23-8-10-26-11-9-23/h1-7,12H,8-11H2,(H2,21,22,24,27). The average Bonchev–Trinajstić information content (AvgIpc) is 2.68. The van der Waals surface area contributed by atoms with Gasteiger partial charge in [0.05, 0.1) is 23.8 Å². The molecule has 2 aromatic carbocycles. The first kappa shape index (κ1) is 19.3. The maximum absolute atomic E-state index is 12.6. The fraction of sp³-hybridized carbons (Fsp3) is 0.211. The van der Waals surface area contributed by atoms with Crippen LogP contribution in [0.25, 0.3) is 0 Å². The molecule has 0 aliphatic carbocycles. The van der Waals surface area contributed by atoms with Crippen molar-refractivity contribution in [3.05, 3.63) is 64.7 Å². The van der Waals surface area contributed by atoms with E-state index in [4.69, 9.17) is 28.6 Å². The van der Waals surface area contributed by atoms with Crippen molar-refractivity contribution in [1.82, 2.24) is 10.2 Å². The monoisotopic (exact) mass is 403 g/mol. The Morgan fingerprint density at radius 3 is 2.56 bits per heavy atom. The van der Waals surface area contributed by atoms with Gasteiger partial charge in [-0.3, -0.25) is 14.9 Å². The highest BCUT2D eigenvalue weighted by Crippen LogP contribution is 2.16. The summed E-state index contributed by atoms with van der Waals surface area (Å²) in [6, 6.07) is 13.7. The third kappa shape index (κ3) is 5.03. The van der Waals surface area contributed by atoms with Gasteiger partial charge in [-0.25, -0.2) is 0 Å². The van der Waals surface area contributed by atoms with E-state index in [1.54, 1.807) is 53.4 Å². The van der Waals surface area contributed by atoms with Crippen molar-refractivity contribution in [1.29, 1.82) is 0 Å². The van der Waals surface area contributed by atoms with Crippen molar-refractivity contribution < 1.29 is 14.3 Å². The molecule has 2 amide bonds. The van der Waals surface area contributed by atoms with E-state index in [1.807, 2.05) is 0 Å². The van der Waals surface area contributed by atoms with Crippen LogP contribution in [0.15, 0.2) is 48.5 Å². The van der Waals surface area contributed by atoms with Gasteiger partial charge in [-0.05, 0) is 42.5 Å². The molecule has 1 fully saturated rings. The molecule has 0 saturated carbocycles. The molecule has 140 valence electrons. The third-order valence-corrected chi connectivity index (χ3v) is 4.54. The molecule has 2 N–H and O–H groups in total. The number of nitrogens with zero attached hydrogens (tertiary/aromatic N) is 1. The van der Waals surface area contributed by atoms with Crippen molar-refractivity contribution in [2.24, 2.45) is 0 Å². The molecule has 0 unspecified atom stereocenters. The van der Waals surface area contributed by atoms with Gasteiger partial charge in [0.25, 0.3) is 11.8 Å². The topological polar surface area (TPSA) is 70.7 Å². The molecule has 0 aromatic heterocycles. The van der Waals surface area contributed by atoms with E-state index in [2.05, 4.69) is 10.6 Å². The van der Waals surface area contributed by atoms with Gasteiger partial charge in [0, 0.05) is 24.3 Å². The minimum Gasteiger partial charge on any atom is -0.378 e. The zero-order valence-electron chi connectivity index (χ0n) is 14.4. The molecular formula is C19H18ClN3O3S. The van der Waals surface area contributed by atoms with Crippen LogP contribution in [0.3, 0.4) is 0 Å². The number of carbonyl (C=O) groups is 2. The number of anilines is 1. The number of morpholine rings is 1. The number of rotatable bonds is 3. The molecule has 27 heavy (non-hydrogen) atoms. The lowest BCUT2D eigenvalue weighted by Crippen LogP contribution is -2.40. The minimum absolute atomic E-state index is 0.0621. The number of amides is 2. The molecule has 3 rings (SSSR count). The number of ether oxygens (including phenoxy) is 1. The third-order valence-electron chi connectivity index (χ3n) is 4.01. The molecule has 6 nitrogen and oxygen atoms in total. The summed E-state index contributed by atoms with van der Waals surface area (Å²) in [6.07, 6.45) is 0. The predicted octanol–water partition coefficient (Wildman–Crippen LogP) is 2.94. The van der Waals surface area contributed by atoms with Gasteiger partial charge in [0.1, 0.15) is 0 Å². The first-order valence-corrected chi connectivity index (χ1v) is 9.17. The number of hydrogen-bond donors (Lipinski definition) is 2. The van der Waals surface area contributed by atoms with E-state index in [9.17, 15) is 9.59 Å². The van der Waals surface area contributed by atoms with Gasteiger partial charge in [0.2, 0.25) is 0 Å². The van der Waals surface area contributed by atoms with Crippen molar-refractivity contribution in [2.75, 3.05) is 31.6 Å². The Labute approximate surface area is 167 Å². The van der Waals surface area contributed by atoms with Crippen LogP contribution in [-0.4, -0.2) is 48.1 Å². The van der Waals surface area contributed by atoms with Crippen molar-refractivity contribution >= 4 is 46.4 Å². The second-order valence-corrected chi connectivity index (χ2v) is 6.69. The number of halogens is 1. The van der Waals surface area contributed by atoms with Gasteiger partial charge in [0.15, 0.2) is 5.11 Å². The molecule has 0 radical (unpaired) electrons. The summed E-state index contributed by atoms with van der Waals surface area (Å²) in [5.41, 5.74) is 1.49. The Hall–Kier alpha value is -2.48. The Bertz CT molecular complexity index is 869. The van der Waals surface area contributed by atoms with Crippen molar-refractivity contribution in [2.45, 2.75) is 0 Å². The number of carbonyl (C=O) groups excluding carboxylic acids is 2. The lowest BCUT2D eigenvalue weighted by molar-refractivity contribution is 0.0303. The molecule has 2 aromatic rings. The average molecular weight is 404 g/mol. The quantitative estimate of drug-likeness (QED) is 0.771. The predicted molar refractivity (Wildman–Crippen MR) is 108 cm³/mol. The van der Waals surface area contributed by atoms with E-state index >= 15 is 0 Å². The van der Waals surface area contributed by atoms with E-state index in [-0.39, 0.29) is 11.0 Å². The van der Waals surface area contributed by atoms with Gasteiger partial charge >= 0.3 is 0 Å². The van der Waals surface area contributed by atoms with E-state index < -0.39 is 5.91 Å². The fourth-order valence-electron chi connectivity index (χ4n) is 2.66. The van der Waals surface area contributed by atoms with Gasteiger partial charge in [-0.15, -0.1) is 0 Å². The second kappa shape index (κ2) is 8.94. The summed E-state index contributed by atoms with van der Waals surface area (Å²) in [5.74, 6) is -0.466. The second-order valence-electron chi connectivity index (χ2n) is 5.87. The highest BCUT2D eigenvalue weighted by atomic mass is 35.5. The van der Waals surface area contributed by atoms with E-state index in [0.29, 0.717) is 48.1 Å². The summed E-state index contributed by atoms with van der Waals surface area (Å²) in [6.45, 7) is 2.23. The lowest BCUT2D eigenvalue weighted by atomic mass is 10.1. The maximum atomic E-state index is 12.6. The Morgan fingerprint density at radius 2 is 1.81 bits per heavy atom. The SMILES string of the molecule is O=C(NC(=S)Nc1cccc(C(=O)N2CCOCC2)c1)c1ccccc1Cl. The molecule has 1 aliphatic rings. The lowest BCUT2D eigenvalue weighted by Gasteiger charge is -2.27. The van der Waals surface area contributed by atoms with Crippen molar-refractivity contribution in [3.8, 4) is 0 Å². The van der Waals surface area contributed by atoms with Crippen LogP contribution in [0.1, 0.15) is 20.7 Å². The highest BCUT2D eigenvalue weighted by molar-refractivity contribution is 7.80. The molecule has 0 atom stereocenters. The van der Waals surface area contributed by atoms with Crippen LogP contribution in [-0.2, 0) is 4.74 Å². The summed E-state index contributed by atoms with van der Waals surface area (Å²) in [7, 11) is 0. The van der Waals surface area contributed by atoms with Crippen LogP contribution in [0, 0.1) is 0 Å². The zero-order valence-corrected chi connectivity index (χ0v) is 16.0. The molecule has 8 heteroatoms. The number of nitrogens with one attached hydrogen (secondary N) is 2. The molecule has 0 bridgehead atoms. The van der Waals surface area contributed by atoms with Crippen LogP contribution in [0.2, 0.25) is 5.02 Å². The summed E-state index contributed by atoms with van der Waals surface area (Å²) >= 11 is 11.2. The van der Waals surface area contributed by atoms with Gasteiger partial charge in [-0.2, -0.15) is 0 Å². The molecule has 1 heterocycles. The van der Waals surface area contributed by atoms with Gasteiger partial charge < -0.3 is 15.0 Å². The number of hydrogen-bond acceptors (Lipinski definition) is 4. The molecule has 1 aliphatic heterocycles. The Kier molecular flexibility index (Phi) is 6.39. The summed E-state index contributed by atoms with van der Waals surface area (Å²) < 4.78 is 5.27. The number of thiocarbonyl (C=S) groups is 1. The zero-order chi connectivity index (χ0) is 19.2. The molecule has 0 spiro atoms. The Balaban J connectivity index is 1.63. The highest BCUT2D eigenvalue weighted by Gasteiger charge is 2.19. The smallest absolute Gasteiger partial charge is 0.258 e.